The number of amides is 1. The fourth-order valence-corrected chi connectivity index (χ4v) is 3.82. The van der Waals surface area contributed by atoms with Crippen molar-refractivity contribution < 1.29 is 4.79 Å². The second-order valence-corrected chi connectivity index (χ2v) is 7.10. The van der Waals surface area contributed by atoms with Gasteiger partial charge in [-0.05, 0) is 55.7 Å². The number of benzene rings is 3. The summed E-state index contributed by atoms with van der Waals surface area (Å²) in [5.74, 6) is -0.387. The maximum atomic E-state index is 12.0. The molecule has 0 atom stereocenters. The van der Waals surface area contributed by atoms with Gasteiger partial charge in [-0.3, -0.25) is 4.79 Å². The number of hydrogen-bond donors (Lipinski definition) is 1. The molecule has 26 heavy (non-hydrogen) atoms. The summed E-state index contributed by atoms with van der Waals surface area (Å²) in [5.41, 5.74) is 13.4. The Labute approximate surface area is 153 Å². The van der Waals surface area contributed by atoms with E-state index in [9.17, 15) is 4.79 Å². The standard InChI is InChI=1S/C23H22N2O/c1-14-7-9-17(16(3)11-14)13-25-20-6-4-5-19(23(24)26)22(20)18-10-8-15(2)12-21(18)25/h4-12H,13H2,1-3H3,(H2,24,26). The van der Waals surface area contributed by atoms with Crippen LogP contribution >= 0.6 is 0 Å². The van der Waals surface area contributed by atoms with Crippen molar-refractivity contribution in [1.82, 2.24) is 4.57 Å². The number of carbonyl (C=O) groups is 1. The zero-order valence-electron chi connectivity index (χ0n) is 15.3. The van der Waals surface area contributed by atoms with Crippen molar-refractivity contribution in [2.75, 3.05) is 0 Å². The highest BCUT2D eigenvalue weighted by molar-refractivity contribution is 6.17. The quantitative estimate of drug-likeness (QED) is 0.567. The third kappa shape index (κ3) is 2.57. The number of rotatable bonds is 3. The van der Waals surface area contributed by atoms with Gasteiger partial charge in [0.25, 0.3) is 0 Å². The van der Waals surface area contributed by atoms with E-state index < -0.39 is 0 Å². The Morgan fingerprint density at radius 2 is 1.65 bits per heavy atom. The minimum absolute atomic E-state index is 0.387. The average Bonchev–Trinajstić information content (AvgIpc) is 2.90. The van der Waals surface area contributed by atoms with Gasteiger partial charge in [-0.2, -0.15) is 0 Å². The number of nitrogens with zero attached hydrogens (tertiary/aromatic N) is 1. The summed E-state index contributed by atoms with van der Waals surface area (Å²) in [6.45, 7) is 7.11. The molecule has 0 aliphatic heterocycles. The Morgan fingerprint density at radius 1 is 0.923 bits per heavy atom. The second-order valence-electron chi connectivity index (χ2n) is 7.10. The van der Waals surface area contributed by atoms with Gasteiger partial charge < -0.3 is 10.3 Å². The smallest absolute Gasteiger partial charge is 0.249 e. The van der Waals surface area contributed by atoms with Gasteiger partial charge in [0.15, 0.2) is 0 Å². The number of carbonyl (C=O) groups excluding carboxylic acids is 1. The molecule has 0 saturated heterocycles. The topological polar surface area (TPSA) is 48.0 Å². The molecular formula is C23H22N2O. The minimum Gasteiger partial charge on any atom is -0.366 e. The molecule has 1 amide bonds. The lowest BCUT2D eigenvalue weighted by Gasteiger charge is -2.11. The molecule has 130 valence electrons. The largest absolute Gasteiger partial charge is 0.366 e. The number of fused-ring (bicyclic) bond motifs is 3. The second kappa shape index (κ2) is 6.03. The molecule has 0 aliphatic carbocycles. The van der Waals surface area contributed by atoms with Crippen LogP contribution in [0, 0.1) is 20.8 Å². The van der Waals surface area contributed by atoms with Crippen LogP contribution in [0.25, 0.3) is 21.8 Å². The summed E-state index contributed by atoms with van der Waals surface area (Å²) in [5, 5.41) is 2.02. The normalized spacial score (nSPS) is 11.3. The Bertz CT molecular complexity index is 1170. The van der Waals surface area contributed by atoms with Gasteiger partial charge in [-0.15, -0.1) is 0 Å². The average molecular weight is 342 g/mol. The highest BCUT2D eigenvalue weighted by Gasteiger charge is 2.17. The van der Waals surface area contributed by atoms with Crippen molar-refractivity contribution in [2.24, 2.45) is 5.73 Å². The molecule has 3 heteroatoms. The van der Waals surface area contributed by atoms with Crippen LogP contribution in [0.1, 0.15) is 32.6 Å². The van der Waals surface area contributed by atoms with Gasteiger partial charge in [-0.25, -0.2) is 0 Å². The number of aromatic nitrogens is 1. The lowest BCUT2D eigenvalue weighted by Crippen LogP contribution is -2.11. The van der Waals surface area contributed by atoms with Crippen molar-refractivity contribution >= 4 is 27.7 Å². The molecule has 0 aliphatic rings. The number of primary amides is 1. The monoisotopic (exact) mass is 342 g/mol. The van der Waals surface area contributed by atoms with Crippen LogP contribution in [0.4, 0.5) is 0 Å². The molecule has 1 aromatic heterocycles. The van der Waals surface area contributed by atoms with E-state index in [0.717, 1.165) is 28.4 Å². The van der Waals surface area contributed by atoms with E-state index in [4.69, 9.17) is 5.73 Å². The third-order valence-corrected chi connectivity index (χ3v) is 5.14. The van der Waals surface area contributed by atoms with E-state index in [0.29, 0.717) is 5.56 Å². The first kappa shape index (κ1) is 16.4. The fourth-order valence-electron chi connectivity index (χ4n) is 3.82. The van der Waals surface area contributed by atoms with Crippen molar-refractivity contribution in [3.05, 3.63) is 82.4 Å². The molecule has 4 rings (SSSR count). The predicted octanol–water partition coefficient (Wildman–Crippen LogP) is 4.87. The summed E-state index contributed by atoms with van der Waals surface area (Å²) < 4.78 is 2.29. The van der Waals surface area contributed by atoms with Crippen LogP contribution in [0.5, 0.6) is 0 Å². The lowest BCUT2D eigenvalue weighted by molar-refractivity contribution is 0.100. The van der Waals surface area contributed by atoms with E-state index in [1.807, 2.05) is 12.1 Å². The molecule has 0 radical (unpaired) electrons. The maximum Gasteiger partial charge on any atom is 0.249 e. The number of nitrogens with two attached hydrogens (primary N) is 1. The Hall–Kier alpha value is -3.07. The molecule has 0 unspecified atom stereocenters. The summed E-state index contributed by atoms with van der Waals surface area (Å²) >= 11 is 0. The first-order valence-electron chi connectivity index (χ1n) is 8.83. The van der Waals surface area contributed by atoms with Gasteiger partial charge in [0.05, 0.1) is 5.52 Å². The van der Waals surface area contributed by atoms with Gasteiger partial charge in [0.1, 0.15) is 0 Å². The Morgan fingerprint density at radius 3 is 2.38 bits per heavy atom. The van der Waals surface area contributed by atoms with Crippen LogP contribution < -0.4 is 5.73 Å². The fraction of sp³-hybridized carbons (Fsp3) is 0.174. The van der Waals surface area contributed by atoms with Crippen molar-refractivity contribution in [3.8, 4) is 0 Å². The van der Waals surface area contributed by atoms with Crippen molar-refractivity contribution in [1.29, 1.82) is 0 Å². The zero-order valence-corrected chi connectivity index (χ0v) is 15.3. The molecule has 4 aromatic rings. The number of hydrogen-bond acceptors (Lipinski definition) is 1. The van der Waals surface area contributed by atoms with Crippen molar-refractivity contribution in [3.63, 3.8) is 0 Å². The molecule has 0 spiro atoms. The first-order chi connectivity index (χ1) is 12.5. The summed E-state index contributed by atoms with van der Waals surface area (Å²) in [4.78, 5) is 12.0. The van der Waals surface area contributed by atoms with Crippen LogP contribution in [0.2, 0.25) is 0 Å². The SMILES string of the molecule is Cc1ccc(Cn2c3cc(C)ccc3c3c(C(N)=O)cccc32)c(C)c1. The molecule has 0 saturated carbocycles. The van der Waals surface area contributed by atoms with Crippen LogP contribution in [0.3, 0.4) is 0 Å². The highest BCUT2D eigenvalue weighted by Crippen LogP contribution is 2.33. The van der Waals surface area contributed by atoms with E-state index in [1.54, 1.807) is 0 Å². The molecule has 2 N–H and O–H groups in total. The van der Waals surface area contributed by atoms with Gasteiger partial charge in [-0.1, -0.05) is 42.0 Å². The van der Waals surface area contributed by atoms with Crippen LogP contribution in [-0.4, -0.2) is 10.5 Å². The first-order valence-corrected chi connectivity index (χ1v) is 8.83. The molecule has 0 bridgehead atoms. The van der Waals surface area contributed by atoms with Gasteiger partial charge in [0.2, 0.25) is 5.91 Å². The summed E-state index contributed by atoms with van der Waals surface area (Å²) in [6.07, 6.45) is 0. The third-order valence-electron chi connectivity index (χ3n) is 5.14. The van der Waals surface area contributed by atoms with Gasteiger partial charge in [0, 0.05) is 28.4 Å². The molecule has 1 heterocycles. The van der Waals surface area contributed by atoms with E-state index >= 15 is 0 Å². The zero-order chi connectivity index (χ0) is 18.4. The van der Waals surface area contributed by atoms with Gasteiger partial charge >= 0.3 is 0 Å². The molecule has 0 fully saturated rings. The highest BCUT2D eigenvalue weighted by atomic mass is 16.1. The van der Waals surface area contributed by atoms with E-state index in [-0.39, 0.29) is 5.91 Å². The molecular weight excluding hydrogens is 320 g/mol. The van der Waals surface area contributed by atoms with Crippen molar-refractivity contribution in [2.45, 2.75) is 27.3 Å². The summed E-state index contributed by atoms with van der Waals surface area (Å²) in [7, 11) is 0. The van der Waals surface area contributed by atoms with Crippen LogP contribution in [0.15, 0.2) is 54.6 Å². The number of aryl methyl sites for hydroxylation is 3. The predicted molar refractivity (Wildman–Crippen MR) is 108 cm³/mol. The van der Waals surface area contributed by atoms with Crippen LogP contribution in [-0.2, 0) is 6.54 Å². The summed E-state index contributed by atoms with van der Waals surface area (Å²) in [6, 6.07) is 18.7. The Kier molecular flexibility index (Phi) is 3.80. The molecule has 3 nitrogen and oxygen atoms in total. The molecule has 3 aromatic carbocycles. The van der Waals surface area contributed by atoms with E-state index in [2.05, 4.69) is 67.8 Å². The maximum absolute atomic E-state index is 12.0. The minimum atomic E-state index is -0.387. The lowest BCUT2D eigenvalue weighted by atomic mass is 10.1. The van der Waals surface area contributed by atoms with E-state index in [1.165, 1.54) is 22.3 Å². The Balaban J connectivity index is 2.05.